The molecular weight excluding hydrogens is 185 g/mol. The fraction of sp³-hybridized carbons (Fsp3) is 0.250. The summed E-state index contributed by atoms with van der Waals surface area (Å²) in [6.07, 6.45) is -4.73. The molecule has 1 radical (unpaired) electrons. The molecule has 1 aromatic carbocycles. The quantitative estimate of drug-likeness (QED) is 0.773. The Labute approximate surface area is 72.6 Å². The summed E-state index contributed by atoms with van der Waals surface area (Å²) in [5, 5.41) is 8.65. The number of alkyl halides is 3. The van der Waals surface area contributed by atoms with Crippen molar-refractivity contribution in [2.75, 3.05) is 0 Å². The lowest BCUT2D eigenvalue weighted by Gasteiger charge is -2.11. The van der Waals surface area contributed by atoms with Gasteiger partial charge in [-0.1, -0.05) is 6.07 Å². The van der Waals surface area contributed by atoms with Gasteiger partial charge in [-0.3, -0.25) is 0 Å². The van der Waals surface area contributed by atoms with Gasteiger partial charge in [0.2, 0.25) is 0 Å². The van der Waals surface area contributed by atoms with Crippen molar-refractivity contribution in [3.63, 3.8) is 0 Å². The zero-order chi connectivity index (χ0) is 9.90. The monoisotopic (exact) mass is 191 g/mol. The van der Waals surface area contributed by atoms with Gasteiger partial charge in [0.15, 0.2) is 0 Å². The zero-order valence-electron chi connectivity index (χ0n) is 6.43. The molecule has 1 rings (SSSR count). The Morgan fingerprint density at radius 2 is 2.15 bits per heavy atom. The van der Waals surface area contributed by atoms with Gasteiger partial charge in [0.25, 0.3) is 0 Å². The molecule has 0 spiro atoms. The summed E-state index contributed by atoms with van der Waals surface area (Å²) in [5.74, 6) is -0.395. The maximum absolute atomic E-state index is 11.7. The van der Waals surface area contributed by atoms with Gasteiger partial charge in [-0.25, -0.2) is 0 Å². The van der Waals surface area contributed by atoms with Gasteiger partial charge in [0, 0.05) is 5.56 Å². The van der Waals surface area contributed by atoms with E-state index in [0.717, 1.165) is 6.07 Å². The van der Waals surface area contributed by atoms with Crippen LogP contribution in [0.3, 0.4) is 0 Å². The fourth-order valence-electron chi connectivity index (χ4n) is 0.798. The predicted molar refractivity (Wildman–Crippen MR) is 37.9 cm³/mol. The maximum Gasteiger partial charge on any atom is 0.573 e. The summed E-state index contributed by atoms with van der Waals surface area (Å²) < 4.78 is 38.9. The second-order valence-corrected chi connectivity index (χ2v) is 2.24. The first-order valence-electron chi connectivity index (χ1n) is 3.38. The highest BCUT2D eigenvalue weighted by Crippen LogP contribution is 2.25. The van der Waals surface area contributed by atoms with E-state index in [1.807, 2.05) is 0 Å². The minimum absolute atomic E-state index is 0.0554. The predicted octanol–water partition coefficient (Wildman–Crippen LogP) is 1.88. The molecule has 0 heterocycles. The molecular formula is C8H6F3O2. The highest BCUT2D eigenvalue weighted by atomic mass is 19.4. The normalized spacial score (nSPS) is 11.4. The van der Waals surface area contributed by atoms with Crippen LogP contribution in [0.2, 0.25) is 0 Å². The molecule has 71 valence electrons. The Kier molecular flexibility index (Phi) is 2.77. The Hall–Kier alpha value is -1.23. The van der Waals surface area contributed by atoms with Crippen LogP contribution in [0.5, 0.6) is 5.75 Å². The van der Waals surface area contributed by atoms with Crippen LogP contribution in [-0.4, -0.2) is 11.5 Å². The van der Waals surface area contributed by atoms with Crippen LogP contribution in [0.25, 0.3) is 0 Å². The fourth-order valence-corrected chi connectivity index (χ4v) is 0.798. The standard InChI is InChI=1S/C8H6F3O2/c9-8(10,11)13-7-4-2-1-3-6(7)5-12/h2-4,12H,5H2. The molecule has 2 nitrogen and oxygen atoms in total. The van der Waals surface area contributed by atoms with E-state index in [1.165, 1.54) is 12.1 Å². The molecule has 1 N–H and O–H groups in total. The largest absolute Gasteiger partial charge is 0.573 e. The topological polar surface area (TPSA) is 29.5 Å². The molecule has 0 atom stereocenters. The number of aliphatic hydroxyl groups is 1. The summed E-state index contributed by atoms with van der Waals surface area (Å²) >= 11 is 0. The van der Waals surface area contributed by atoms with E-state index in [2.05, 4.69) is 10.8 Å². The van der Waals surface area contributed by atoms with Crippen LogP contribution in [0, 0.1) is 6.07 Å². The van der Waals surface area contributed by atoms with Crippen LogP contribution in [0.1, 0.15) is 5.56 Å². The molecule has 0 saturated heterocycles. The average molecular weight is 191 g/mol. The van der Waals surface area contributed by atoms with Crippen molar-refractivity contribution in [1.29, 1.82) is 0 Å². The smallest absolute Gasteiger partial charge is 0.405 e. The van der Waals surface area contributed by atoms with Crippen LogP contribution >= 0.6 is 0 Å². The highest BCUT2D eigenvalue weighted by Gasteiger charge is 2.31. The summed E-state index contributed by atoms with van der Waals surface area (Å²) in [7, 11) is 0. The summed E-state index contributed by atoms with van der Waals surface area (Å²) in [5.41, 5.74) is 0.0554. The molecule has 0 saturated carbocycles. The van der Waals surface area contributed by atoms with Crippen LogP contribution in [0.15, 0.2) is 18.2 Å². The number of rotatable bonds is 2. The minimum atomic E-state index is -4.73. The van der Waals surface area contributed by atoms with E-state index in [-0.39, 0.29) is 5.56 Å². The molecule has 0 unspecified atom stereocenters. The summed E-state index contributed by atoms with van der Waals surface area (Å²) in [4.78, 5) is 0. The van der Waals surface area contributed by atoms with Crippen molar-refractivity contribution in [3.05, 3.63) is 29.8 Å². The number of ether oxygens (including phenoxy) is 1. The van der Waals surface area contributed by atoms with E-state index in [0.29, 0.717) is 0 Å². The van der Waals surface area contributed by atoms with E-state index < -0.39 is 18.7 Å². The van der Waals surface area contributed by atoms with Gasteiger partial charge in [-0.05, 0) is 18.2 Å². The third kappa shape index (κ3) is 2.95. The van der Waals surface area contributed by atoms with E-state index >= 15 is 0 Å². The summed E-state index contributed by atoms with van der Waals surface area (Å²) in [6, 6.07) is 6.14. The molecule has 1 aromatic rings. The molecule has 0 amide bonds. The van der Waals surface area contributed by atoms with Gasteiger partial charge < -0.3 is 9.84 Å². The summed E-state index contributed by atoms with van der Waals surface area (Å²) in [6.45, 7) is -0.511. The van der Waals surface area contributed by atoms with Crippen LogP contribution in [-0.2, 0) is 6.61 Å². The molecule has 0 aliphatic heterocycles. The van der Waals surface area contributed by atoms with Crippen molar-refractivity contribution >= 4 is 0 Å². The van der Waals surface area contributed by atoms with Crippen LogP contribution < -0.4 is 4.74 Å². The number of hydrogen-bond acceptors (Lipinski definition) is 2. The number of benzene rings is 1. The number of hydrogen-bond donors (Lipinski definition) is 1. The molecule has 0 aromatic heterocycles. The van der Waals surface area contributed by atoms with Crippen molar-refractivity contribution in [3.8, 4) is 5.75 Å². The second kappa shape index (κ2) is 3.66. The third-order valence-electron chi connectivity index (χ3n) is 1.30. The third-order valence-corrected chi connectivity index (χ3v) is 1.30. The molecule has 5 heteroatoms. The average Bonchev–Trinajstić information content (AvgIpc) is 2.02. The van der Waals surface area contributed by atoms with E-state index in [9.17, 15) is 13.2 Å². The van der Waals surface area contributed by atoms with Gasteiger partial charge in [0.1, 0.15) is 5.75 Å². The van der Waals surface area contributed by atoms with Gasteiger partial charge in [-0.2, -0.15) is 0 Å². The number of halogens is 3. The highest BCUT2D eigenvalue weighted by molar-refractivity contribution is 5.32. The Morgan fingerprint density at radius 3 is 2.69 bits per heavy atom. The molecule has 13 heavy (non-hydrogen) atoms. The van der Waals surface area contributed by atoms with Crippen molar-refractivity contribution in [2.24, 2.45) is 0 Å². The lowest BCUT2D eigenvalue weighted by atomic mass is 10.2. The van der Waals surface area contributed by atoms with Crippen molar-refractivity contribution in [2.45, 2.75) is 13.0 Å². The van der Waals surface area contributed by atoms with E-state index in [1.54, 1.807) is 0 Å². The molecule has 0 aliphatic carbocycles. The Balaban J connectivity index is 2.87. The zero-order valence-corrected chi connectivity index (χ0v) is 6.43. The lowest BCUT2D eigenvalue weighted by molar-refractivity contribution is -0.275. The molecule has 0 fully saturated rings. The van der Waals surface area contributed by atoms with Gasteiger partial charge >= 0.3 is 6.36 Å². The van der Waals surface area contributed by atoms with Crippen molar-refractivity contribution < 1.29 is 23.0 Å². The first kappa shape index (κ1) is 9.85. The lowest BCUT2D eigenvalue weighted by Crippen LogP contribution is -2.18. The van der Waals surface area contributed by atoms with Gasteiger partial charge in [-0.15, -0.1) is 13.2 Å². The van der Waals surface area contributed by atoms with E-state index in [4.69, 9.17) is 5.11 Å². The Morgan fingerprint density at radius 1 is 1.46 bits per heavy atom. The molecule has 0 aliphatic rings. The second-order valence-electron chi connectivity index (χ2n) is 2.24. The molecule has 0 bridgehead atoms. The number of aliphatic hydroxyl groups excluding tert-OH is 1. The van der Waals surface area contributed by atoms with Gasteiger partial charge in [0.05, 0.1) is 6.61 Å². The first-order valence-corrected chi connectivity index (χ1v) is 3.38. The SMILES string of the molecule is OCc1c[c]ccc1OC(F)(F)F. The minimum Gasteiger partial charge on any atom is -0.405 e. The maximum atomic E-state index is 11.7. The Bertz CT molecular complexity index is 283. The van der Waals surface area contributed by atoms with Crippen molar-refractivity contribution in [1.82, 2.24) is 0 Å². The van der Waals surface area contributed by atoms with Crippen LogP contribution in [0.4, 0.5) is 13.2 Å². The first-order chi connectivity index (χ1) is 6.03.